The fourth-order valence-corrected chi connectivity index (χ4v) is 1.37. The molecular formula is C9H17NO2. The molecule has 2 unspecified atom stereocenters. The molecule has 3 nitrogen and oxygen atoms in total. The number of carbonyl (C=O) groups is 1. The van der Waals surface area contributed by atoms with Crippen molar-refractivity contribution in [3.8, 4) is 0 Å². The van der Waals surface area contributed by atoms with Crippen LogP contribution in [0.1, 0.15) is 26.7 Å². The molecule has 1 fully saturated rings. The van der Waals surface area contributed by atoms with Gasteiger partial charge in [0.25, 0.3) is 0 Å². The number of hydrogen-bond acceptors (Lipinski definition) is 2. The van der Waals surface area contributed by atoms with Gasteiger partial charge in [-0.25, -0.2) is 0 Å². The summed E-state index contributed by atoms with van der Waals surface area (Å²) >= 11 is 0. The predicted octanol–water partition coefficient (Wildman–Crippen LogP) is 1.19. The third-order valence-electron chi connectivity index (χ3n) is 2.88. The number of carboxylic acid groups (broad SMARTS) is 1. The lowest BCUT2D eigenvalue weighted by Gasteiger charge is -2.27. The molecule has 0 bridgehead atoms. The van der Waals surface area contributed by atoms with Crippen LogP contribution in [0.3, 0.4) is 0 Å². The quantitative estimate of drug-likeness (QED) is 0.690. The van der Waals surface area contributed by atoms with Gasteiger partial charge in [-0.1, -0.05) is 6.92 Å². The highest BCUT2D eigenvalue weighted by atomic mass is 16.4. The Morgan fingerprint density at radius 1 is 1.50 bits per heavy atom. The Morgan fingerprint density at radius 2 is 2.00 bits per heavy atom. The SMILES string of the molecule is CC(C(=O)O)C(C)N(C)C1CC1. The first kappa shape index (κ1) is 9.52. The number of aliphatic carboxylic acids is 1. The van der Waals surface area contributed by atoms with Gasteiger partial charge in [0, 0.05) is 12.1 Å². The molecule has 0 aromatic rings. The highest BCUT2D eigenvalue weighted by Gasteiger charge is 2.33. The summed E-state index contributed by atoms with van der Waals surface area (Å²) in [6, 6.07) is 0.789. The molecular weight excluding hydrogens is 154 g/mol. The van der Waals surface area contributed by atoms with Crippen molar-refractivity contribution in [3.63, 3.8) is 0 Å². The van der Waals surface area contributed by atoms with E-state index in [1.165, 1.54) is 12.8 Å². The van der Waals surface area contributed by atoms with Crippen molar-refractivity contribution in [1.82, 2.24) is 4.90 Å². The number of carboxylic acids is 1. The van der Waals surface area contributed by atoms with Crippen LogP contribution in [0.15, 0.2) is 0 Å². The standard InChI is InChI=1S/C9H17NO2/c1-6(9(11)12)7(2)10(3)8-4-5-8/h6-8H,4-5H2,1-3H3,(H,11,12). The van der Waals surface area contributed by atoms with Gasteiger partial charge in [-0.05, 0) is 26.8 Å². The zero-order valence-electron chi connectivity index (χ0n) is 7.95. The van der Waals surface area contributed by atoms with Crippen molar-refractivity contribution in [2.45, 2.75) is 38.8 Å². The highest BCUT2D eigenvalue weighted by Crippen LogP contribution is 2.28. The molecule has 0 saturated heterocycles. The molecule has 1 N–H and O–H groups in total. The van der Waals surface area contributed by atoms with E-state index in [1.54, 1.807) is 6.92 Å². The van der Waals surface area contributed by atoms with Crippen LogP contribution < -0.4 is 0 Å². The first-order valence-electron chi connectivity index (χ1n) is 4.48. The maximum absolute atomic E-state index is 10.7. The predicted molar refractivity (Wildman–Crippen MR) is 47.0 cm³/mol. The number of hydrogen-bond donors (Lipinski definition) is 1. The maximum atomic E-state index is 10.7. The summed E-state index contributed by atoms with van der Waals surface area (Å²) in [5, 5.41) is 8.78. The number of nitrogens with zero attached hydrogens (tertiary/aromatic N) is 1. The van der Waals surface area contributed by atoms with E-state index in [0.29, 0.717) is 6.04 Å². The van der Waals surface area contributed by atoms with E-state index in [0.717, 1.165) is 0 Å². The van der Waals surface area contributed by atoms with E-state index in [9.17, 15) is 4.79 Å². The third-order valence-corrected chi connectivity index (χ3v) is 2.88. The van der Waals surface area contributed by atoms with E-state index in [2.05, 4.69) is 4.90 Å². The van der Waals surface area contributed by atoms with Gasteiger partial charge in [0.2, 0.25) is 0 Å². The van der Waals surface area contributed by atoms with Gasteiger partial charge in [-0.2, -0.15) is 0 Å². The largest absolute Gasteiger partial charge is 0.481 e. The van der Waals surface area contributed by atoms with Gasteiger partial charge >= 0.3 is 5.97 Å². The molecule has 0 heterocycles. The smallest absolute Gasteiger partial charge is 0.307 e. The van der Waals surface area contributed by atoms with Crippen molar-refractivity contribution < 1.29 is 9.90 Å². The Bertz CT molecular complexity index is 177. The maximum Gasteiger partial charge on any atom is 0.307 e. The molecule has 70 valence electrons. The fraction of sp³-hybridized carbons (Fsp3) is 0.889. The molecule has 1 rings (SSSR count). The van der Waals surface area contributed by atoms with Crippen LogP contribution in [0.4, 0.5) is 0 Å². The average Bonchev–Trinajstić information content (AvgIpc) is 2.82. The lowest BCUT2D eigenvalue weighted by atomic mass is 10.0. The monoisotopic (exact) mass is 171 g/mol. The average molecular weight is 171 g/mol. The molecule has 2 atom stereocenters. The molecule has 0 aromatic heterocycles. The van der Waals surface area contributed by atoms with Crippen LogP contribution in [0, 0.1) is 5.92 Å². The van der Waals surface area contributed by atoms with Crippen LogP contribution in [-0.4, -0.2) is 35.1 Å². The van der Waals surface area contributed by atoms with Crippen LogP contribution >= 0.6 is 0 Å². The van der Waals surface area contributed by atoms with Crippen LogP contribution in [0.25, 0.3) is 0 Å². The Balaban J connectivity index is 2.44. The van der Waals surface area contributed by atoms with Gasteiger partial charge in [-0.3, -0.25) is 9.69 Å². The Labute approximate surface area is 73.4 Å². The summed E-state index contributed by atoms with van der Waals surface area (Å²) in [5.74, 6) is -0.967. The van der Waals surface area contributed by atoms with E-state index in [4.69, 9.17) is 5.11 Å². The minimum absolute atomic E-state index is 0.148. The zero-order chi connectivity index (χ0) is 9.30. The second kappa shape index (κ2) is 3.44. The molecule has 0 radical (unpaired) electrons. The van der Waals surface area contributed by atoms with Crippen molar-refractivity contribution >= 4 is 5.97 Å². The van der Waals surface area contributed by atoms with Gasteiger partial charge in [0.05, 0.1) is 5.92 Å². The molecule has 0 aliphatic heterocycles. The molecule has 0 amide bonds. The second-order valence-corrected chi connectivity index (χ2v) is 3.76. The number of rotatable bonds is 4. The molecule has 1 aliphatic rings. The van der Waals surface area contributed by atoms with Crippen molar-refractivity contribution in [2.75, 3.05) is 7.05 Å². The van der Waals surface area contributed by atoms with Crippen molar-refractivity contribution in [3.05, 3.63) is 0 Å². The molecule has 1 saturated carbocycles. The minimum atomic E-state index is -0.699. The van der Waals surface area contributed by atoms with Crippen molar-refractivity contribution in [2.24, 2.45) is 5.92 Å². The lowest BCUT2D eigenvalue weighted by Crippen LogP contribution is -2.39. The second-order valence-electron chi connectivity index (χ2n) is 3.76. The fourth-order valence-electron chi connectivity index (χ4n) is 1.37. The van der Waals surface area contributed by atoms with Crippen LogP contribution in [0.2, 0.25) is 0 Å². The summed E-state index contributed by atoms with van der Waals surface area (Å²) in [6.07, 6.45) is 2.46. The first-order valence-corrected chi connectivity index (χ1v) is 4.48. The minimum Gasteiger partial charge on any atom is -0.481 e. The normalized spacial score (nSPS) is 22.3. The van der Waals surface area contributed by atoms with E-state index in [-0.39, 0.29) is 12.0 Å². The highest BCUT2D eigenvalue weighted by molar-refractivity contribution is 5.70. The Hall–Kier alpha value is -0.570. The van der Waals surface area contributed by atoms with Gasteiger partial charge in [0.15, 0.2) is 0 Å². The Kier molecular flexibility index (Phi) is 2.73. The van der Waals surface area contributed by atoms with Gasteiger partial charge < -0.3 is 5.11 Å². The summed E-state index contributed by atoms with van der Waals surface area (Å²) in [6.45, 7) is 3.75. The van der Waals surface area contributed by atoms with Crippen LogP contribution in [-0.2, 0) is 4.79 Å². The van der Waals surface area contributed by atoms with E-state index < -0.39 is 5.97 Å². The van der Waals surface area contributed by atoms with E-state index in [1.807, 2.05) is 14.0 Å². The molecule has 0 spiro atoms. The summed E-state index contributed by atoms with van der Waals surface area (Å²) in [4.78, 5) is 12.8. The Morgan fingerprint density at radius 3 is 2.33 bits per heavy atom. The molecule has 0 aromatic carbocycles. The topological polar surface area (TPSA) is 40.5 Å². The van der Waals surface area contributed by atoms with Crippen molar-refractivity contribution in [1.29, 1.82) is 0 Å². The van der Waals surface area contributed by atoms with Gasteiger partial charge in [-0.15, -0.1) is 0 Å². The molecule has 1 aliphatic carbocycles. The zero-order valence-corrected chi connectivity index (χ0v) is 7.95. The summed E-state index contributed by atoms with van der Waals surface area (Å²) < 4.78 is 0. The van der Waals surface area contributed by atoms with Gasteiger partial charge in [0.1, 0.15) is 0 Å². The van der Waals surface area contributed by atoms with Crippen LogP contribution in [0.5, 0.6) is 0 Å². The molecule has 3 heteroatoms. The lowest BCUT2D eigenvalue weighted by molar-refractivity contribution is -0.143. The summed E-state index contributed by atoms with van der Waals surface area (Å²) in [5.41, 5.74) is 0. The summed E-state index contributed by atoms with van der Waals surface area (Å²) in [7, 11) is 2.02. The first-order chi connectivity index (χ1) is 5.54. The van der Waals surface area contributed by atoms with E-state index >= 15 is 0 Å². The molecule has 12 heavy (non-hydrogen) atoms. The third kappa shape index (κ3) is 1.97.